The highest BCUT2D eigenvalue weighted by Gasteiger charge is 2.28. The van der Waals surface area contributed by atoms with E-state index in [9.17, 15) is 23.3 Å². The molecule has 2 N–H and O–H groups in total. The Morgan fingerprint density at radius 1 is 1.14 bits per heavy atom. The molecule has 1 aliphatic rings. The number of anilines is 1. The first-order chi connectivity index (χ1) is 13.9. The minimum atomic E-state index is -3.46. The van der Waals surface area contributed by atoms with Crippen molar-refractivity contribution in [2.45, 2.75) is 23.5 Å². The van der Waals surface area contributed by atoms with Gasteiger partial charge in [-0.05, 0) is 31.0 Å². The molecule has 0 bridgehead atoms. The van der Waals surface area contributed by atoms with Gasteiger partial charge in [0.25, 0.3) is 15.7 Å². The van der Waals surface area contributed by atoms with Crippen LogP contribution in [0.25, 0.3) is 0 Å². The van der Waals surface area contributed by atoms with Crippen LogP contribution in [0.2, 0.25) is 0 Å². The van der Waals surface area contributed by atoms with Gasteiger partial charge in [-0.2, -0.15) is 4.31 Å². The Labute approximate surface area is 172 Å². The summed E-state index contributed by atoms with van der Waals surface area (Å²) in [5, 5.41) is 16.6. The number of nitro benzene ring substituents is 1. The standard InChI is InChI=1S/C18H22N4O5S2/c23-17(20-10-9-19-15-5-1-2-6-16(15)22(24)25)13-14-7-8-18(28-14)29(26,27)21-11-3-4-12-21/h1-2,5-8,19H,3-4,9-13H2,(H,20,23). The lowest BCUT2D eigenvalue weighted by Gasteiger charge is -2.13. The predicted molar refractivity (Wildman–Crippen MR) is 111 cm³/mol. The molecule has 1 aromatic carbocycles. The molecule has 2 aromatic rings. The van der Waals surface area contributed by atoms with Crippen LogP contribution >= 0.6 is 11.3 Å². The van der Waals surface area contributed by atoms with Crippen molar-refractivity contribution in [1.82, 2.24) is 9.62 Å². The fourth-order valence-electron chi connectivity index (χ4n) is 3.05. The van der Waals surface area contributed by atoms with Crippen LogP contribution in [-0.2, 0) is 21.2 Å². The summed E-state index contributed by atoms with van der Waals surface area (Å²) < 4.78 is 26.8. The Balaban J connectivity index is 1.47. The Morgan fingerprint density at radius 3 is 2.59 bits per heavy atom. The zero-order chi connectivity index (χ0) is 20.9. The minimum Gasteiger partial charge on any atom is -0.378 e. The number of carbonyl (C=O) groups is 1. The molecule has 3 rings (SSSR count). The van der Waals surface area contributed by atoms with Gasteiger partial charge in [0, 0.05) is 37.1 Å². The molecule has 1 aliphatic heterocycles. The first-order valence-corrected chi connectivity index (χ1v) is 11.5. The fraction of sp³-hybridized carbons (Fsp3) is 0.389. The van der Waals surface area contributed by atoms with E-state index in [4.69, 9.17) is 0 Å². The molecule has 1 fully saturated rings. The molecule has 9 nitrogen and oxygen atoms in total. The maximum Gasteiger partial charge on any atom is 0.292 e. The summed E-state index contributed by atoms with van der Waals surface area (Å²) in [5.41, 5.74) is 0.367. The van der Waals surface area contributed by atoms with E-state index in [-0.39, 0.29) is 28.8 Å². The molecule has 29 heavy (non-hydrogen) atoms. The SMILES string of the molecule is O=C(Cc1ccc(S(=O)(=O)N2CCCC2)s1)NCCNc1ccccc1[N+](=O)[O-]. The number of benzene rings is 1. The smallest absolute Gasteiger partial charge is 0.292 e. The Hall–Kier alpha value is -2.50. The summed E-state index contributed by atoms with van der Waals surface area (Å²) in [7, 11) is -3.46. The van der Waals surface area contributed by atoms with Crippen LogP contribution in [0.5, 0.6) is 0 Å². The van der Waals surface area contributed by atoms with Crippen LogP contribution in [0.4, 0.5) is 11.4 Å². The number of hydrogen-bond donors (Lipinski definition) is 2. The minimum absolute atomic E-state index is 0.0239. The first-order valence-electron chi connectivity index (χ1n) is 9.21. The van der Waals surface area contributed by atoms with Gasteiger partial charge in [-0.3, -0.25) is 14.9 Å². The third-order valence-electron chi connectivity index (χ3n) is 4.49. The van der Waals surface area contributed by atoms with Gasteiger partial charge in [-0.25, -0.2) is 8.42 Å². The summed E-state index contributed by atoms with van der Waals surface area (Å²) >= 11 is 1.12. The molecule has 0 unspecified atom stereocenters. The number of amides is 1. The second-order valence-corrected chi connectivity index (χ2v) is 9.89. The van der Waals surface area contributed by atoms with E-state index in [1.165, 1.54) is 10.4 Å². The second-order valence-electron chi connectivity index (χ2n) is 6.56. The fourth-order valence-corrected chi connectivity index (χ4v) is 6.08. The van der Waals surface area contributed by atoms with Crippen molar-refractivity contribution in [3.63, 3.8) is 0 Å². The van der Waals surface area contributed by atoms with E-state index in [1.54, 1.807) is 30.3 Å². The maximum absolute atomic E-state index is 12.5. The zero-order valence-electron chi connectivity index (χ0n) is 15.7. The van der Waals surface area contributed by atoms with Crippen molar-refractivity contribution in [2.75, 3.05) is 31.5 Å². The second kappa shape index (κ2) is 9.33. The number of rotatable bonds is 9. The Kier molecular flexibility index (Phi) is 6.83. The molecule has 1 amide bonds. The summed E-state index contributed by atoms with van der Waals surface area (Å²) in [6.45, 7) is 1.70. The third kappa shape index (κ3) is 5.31. The predicted octanol–water partition coefficient (Wildman–Crippen LogP) is 2.21. The number of para-hydroxylation sites is 2. The lowest BCUT2D eigenvalue weighted by atomic mass is 10.2. The lowest BCUT2D eigenvalue weighted by Crippen LogP contribution is -2.29. The molecule has 0 atom stereocenters. The number of carbonyl (C=O) groups excluding carboxylic acids is 1. The van der Waals surface area contributed by atoms with E-state index in [1.807, 2.05) is 0 Å². The monoisotopic (exact) mass is 438 g/mol. The van der Waals surface area contributed by atoms with E-state index < -0.39 is 14.9 Å². The van der Waals surface area contributed by atoms with E-state index >= 15 is 0 Å². The number of nitrogens with one attached hydrogen (secondary N) is 2. The van der Waals surface area contributed by atoms with Crippen molar-refractivity contribution >= 4 is 38.6 Å². The number of nitro groups is 1. The van der Waals surface area contributed by atoms with Gasteiger partial charge < -0.3 is 10.6 Å². The molecule has 2 heterocycles. The van der Waals surface area contributed by atoms with Gasteiger partial charge >= 0.3 is 0 Å². The van der Waals surface area contributed by atoms with E-state index in [0.29, 0.717) is 30.2 Å². The lowest BCUT2D eigenvalue weighted by molar-refractivity contribution is -0.384. The van der Waals surface area contributed by atoms with Crippen LogP contribution in [0.1, 0.15) is 17.7 Å². The number of sulfonamides is 1. The molecule has 1 saturated heterocycles. The molecule has 0 saturated carbocycles. The van der Waals surface area contributed by atoms with E-state index in [0.717, 1.165) is 24.2 Å². The molecule has 0 spiro atoms. The molecule has 0 radical (unpaired) electrons. The molecule has 1 aromatic heterocycles. The highest BCUT2D eigenvalue weighted by Crippen LogP contribution is 2.27. The van der Waals surface area contributed by atoms with Crippen molar-refractivity contribution in [3.8, 4) is 0 Å². The van der Waals surface area contributed by atoms with Gasteiger partial charge in [-0.15, -0.1) is 11.3 Å². The van der Waals surface area contributed by atoms with Gasteiger partial charge in [0.05, 0.1) is 11.3 Å². The normalized spacial score (nSPS) is 14.6. The quantitative estimate of drug-likeness (QED) is 0.352. The highest BCUT2D eigenvalue weighted by atomic mass is 32.2. The van der Waals surface area contributed by atoms with Crippen molar-refractivity contribution in [3.05, 3.63) is 51.4 Å². The molecular weight excluding hydrogens is 416 g/mol. The summed E-state index contributed by atoms with van der Waals surface area (Å²) in [6.07, 6.45) is 1.84. The Morgan fingerprint density at radius 2 is 1.86 bits per heavy atom. The van der Waals surface area contributed by atoms with Crippen LogP contribution in [0, 0.1) is 10.1 Å². The average Bonchev–Trinajstić information content (AvgIpc) is 3.38. The highest BCUT2D eigenvalue weighted by molar-refractivity contribution is 7.91. The molecule has 11 heteroatoms. The average molecular weight is 439 g/mol. The van der Waals surface area contributed by atoms with Gasteiger partial charge in [0.15, 0.2) is 0 Å². The zero-order valence-corrected chi connectivity index (χ0v) is 17.3. The van der Waals surface area contributed by atoms with Crippen LogP contribution in [0.15, 0.2) is 40.6 Å². The van der Waals surface area contributed by atoms with Crippen molar-refractivity contribution < 1.29 is 18.1 Å². The maximum atomic E-state index is 12.5. The summed E-state index contributed by atoms with van der Waals surface area (Å²) in [5.74, 6) is -0.235. The molecular formula is C18H22N4O5S2. The van der Waals surface area contributed by atoms with Crippen molar-refractivity contribution in [1.29, 1.82) is 0 Å². The van der Waals surface area contributed by atoms with Crippen LogP contribution in [-0.4, -0.2) is 49.7 Å². The van der Waals surface area contributed by atoms with Gasteiger partial charge in [-0.1, -0.05) is 12.1 Å². The van der Waals surface area contributed by atoms with Crippen LogP contribution in [0.3, 0.4) is 0 Å². The molecule has 156 valence electrons. The van der Waals surface area contributed by atoms with E-state index in [2.05, 4.69) is 10.6 Å². The first kappa shape index (κ1) is 21.2. The van der Waals surface area contributed by atoms with Gasteiger partial charge in [0.1, 0.15) is 9.90 Å². The van der Waals surface area contributed by atoms with Crippen LogP contribution < -0.4 is 10.6 Å². The summed E-state index contributed by atoms with van der Waals surface area (Å²) in [6, 6.07) is 9.51. The molecule has 0 aliphatic carbocycles. The number of thiophene rings is 1. The number of hydrogen-bond acceptors (Lipinski definition) is 7. The third-order valence-corrected chi connectivity index (χ3v) is 7.95. The van der Waals surface area contributed by atoms with Gasteiger partial charge in [0.2, 0.25) is 5.91 Å². The summed E-state index contributed by atoms with van der Waals surface area (Å²) in [4.78, 5) is 23.3. The largest absolute Gasteiger partial charge is 0.378 e. The Bertz CT molecular complexity index is 984. The topological polar surface area (TPSA) is 122 Å². The number of nitrogens with zero attached hydrogens (tertiary/aromatic N) is 2. The van der Waals surface area contributed by atoms with Crippen molar-refractivity contribution in [2.24, 2.45) is 0 Å².